The Kier molecular flexibility index (Phi) is 3.67. The van der Waals surface area contributed by atoms with Crippen molar-refractivity contribution in [2.45, 2.75) is 12.8 Å². The molecule has 1 saturated heterocycles. The highest BCUT2D eigenvalue weighted by molar-refractivity contribution is 7.93. The van der Waals surface area contributed by atoms with E-state index in [-0.39, 0.29) is 5.75 Å². The van der Waals surface area contributed by atoms with Crippen molar-refractivity contribution in [1.82, 2.24) is 4.98 Å². The number of thiazole rings is 1. The maximum absolute atomic E-state index is 11.8. The third-order valence-corrected chi connectivity index (χ3v) is 5.40. The molecule has 0 atom stereocenters. The van der Waals surface area contributed by atoms with Gasteiger partial charge in [0.1, 0.15) is 0 Å². The van der Waals surface area contributed by atoms with Crippen molar-refractivity contribution < 1.29 is 18.3 Å². The summed E-state index contributed by atoms with van der Waals surface area (Å²) in [6.45, 7) is 0.442. The van der Waals surface area contributed by atoms with Crippen LogP contribution in [0.3, 0.4) is 0 Å². The van der Waals surface area contributed by atoms with Crippen molar-refractivity contribution in [3.63, 3.8) is 0 Å². The molecule has 18 heavy (non-hydrogen) atoms. The van der Waals surface area contributed by atoms with Gasteiger partial charge >= 0.3 is 5.97 Å². The van der Waals surface area contributed by atoms with E-state index >= 15 is 0 Å². The highest BCUT2D eigenvalue weighted by Gasteiger charge is 2.27. The van der Waals surface area contributed by atoms with Crippen LogP contribution in [0.1, 0.15) is 17.7 Å². The maximum atomic E-state index is 11.8. The highest BCUT2D eigenvalue weighted by Crippen LogP contribution is 2.28. The van der Waals surface area contributed by atoms with E-state index in [0.29, 0.717) is 23.0 Å². The Hall–Kier alpha value is -1.41. The SMILES string of the molecule is O=C(O)/C=C/c1cnc(N2CCCCS2(=O)=O)s1. The zero-order valence-corrected chi connectivity index (χ0v) is 11.1. The fourth-order valence-corrected chi connectivity index (χ4v) is 4.31. The quantitative estimate of drug-likeness (QED) is 0.844. The molecule has 2 rings (SSSR count). The maximum Gasteiger partial charge on any atom is 0.328 e. The van der Waals surface area contributed by atoms with Crippen LogP contribution in [0.2, 0.25) is 0 Å². The molecule has 0 unspecified atom stereocenters. The van der Waals surface area contributed by atoms with Crippen molar-refractivity contribution in [1.29, 1.82) is 0 Å². The van der Waals surface area contributed by atoms with E-state index in [0.717, 1.165) is 12.5 Å². The van der Waals surface area contributed by atoms with Crippen molar-refractivity contribution in [2.75, 3.05) is 16.6 Å². The number of carboxylic acid groups (broad SMARTS) is 1. The number of hydrogen-bond acceptors (Lipinski definition) is 5. The third-order valence-electron chi connectivity index (χ3n) is 2.46. The summed E-state index contributed by atoms with van der Waals surface area (Å²) >= 11 is 1.17. The number of carbonyl (C=O) groups is 1. The van der Waals surface area contributed by atoms with Crippen molar-refractivity contribution in [3.8, 4) is 0 Å². The molecular formula is C10H12N2O4S2. The first-order valence-electron chi connectivity index (χ1n) is 5.36. The van der Waals surface area contributed by atoms with Crippen LogP contribution < -0.4 is 4.31 Å². The highest BCUT2D eigenvalue weighted by atomic mass is 32.2. The normalized spacial score (nSPS) is 19.2. The lowest BCUT2D eigenvalue weighted by Gasteiger charge is -2.25. The summed E-state index contributed by atoms with van der Waals surface area (Å²) in [5.41, 5.74) is 0. The van der Waals surface area contributed by atoms with E-state index in [9.17, 15) is 13.2 Å². The van der Waals surface area contributed by atoms with Crippen LogP contribution in [-0.4, -0.2) is 36.8 Å². The van der Waals surface area contributed by atoms with E-state index < -0.39 is 16.0 Å². The average molecular weight is 288 g/mol. The van der Waals surface area contributed by atoms with Crippen LogP contribution in [0.5, 0.6) is 0 Å². The van der Waals surface area contributed by atoms with E-state index in [2.05, 4.69) is 4.98 Å². The Labute approximate surface area is 109 Å². The van der Waals surface area contributed by atoms with Gasteiger partial charge in [0, 0.05) is 23.7 Å². The number of aliphatic carboxylic acids is 1. The number of hydrogen-bond donors (Lipinski definition) is 1. The monoisotopic (exact) mass is 288 g/mol. The molecule has 1 aliphatic rings. The molecule has 1 N–H and O–H groups in total. The average Bonchev–Trinajstić information content (AvgIpc) is 2.74. The largest absolute Gasteiger partial charge is 0.478 e. The van der Waals surface area contributed by atoms with Crippen LogP contribution in [0, 0.1) is 0 Å². The molecule has 2 heterocycles. The summed E-state index contributed by atoms with van der Waals surface area (Å²) in [6.07, 6.45) is 5.38. The lowest BCUT2D eigenvalue weighted by molar-refractivity contribution is -0.131. The molecular weight excluding hydrogens is 276 g/mol. The molecule has 1 fully saturated rings. The second-order valence-corrected chi connectivity index (χ2v) is 6.87. The number of aromatic nitrogens is 1. The number of rotatable bonds is 3. The predicted molar refractivity (Wildman–Crippen MR) is 69.2 cm³/mol. The molecule has 0 aromatic carbocycles. The molecule has 0 radical (unpaired) electrons. The van der Waals surface area contributed by atoms with Gasteiger partial charge in [0.25, 0.3) is 0 Å². The lowest BCUT2D eigenvalue weighted by Crippen LogP contribution is -2.37. The van der Waals surface area contributed by atoms with E-state index in [4.69, 9.17) is 5.11 Å². The van der Waals surface area contributed by atoms with E-state index in [1.807, 2.05) is 0 Å². The Morgan fingerprint density at radius 2 is 2.28 bits per heavy atom. The van der Waals surface area contributed by atoms with E-state index in [1.165, 1.54) is 27.9 Å². The van der Waals surface area contributed by atoms with Crippen molar-refractivity contribution in [2.24, 2.45) is 0 Å². The molecule has 0 bridgehead atoms. The van der Waals surface area contributed by atoms with Gasteiger partial charge in [-0.05, 0) is 18.9 Å². The van der Waals surface area contributed by atoms with Gasteiger partial charge in [-0.3, -0.25) is 0 Å². The van der Waals surface area contributed by atoms with Gasteiger partial charge in [0.15, 0.2) is 5.13 Å². The summed E-state index contributed by atoms with van der Waals surface area (Å²) in [5, 5.41) is 8.91. The predicted octanol–water partition coefficient (Wildman–Crippen LogP) is 1.17. The molecule has 0 spiro atoms. The van der Waals surface area contributed by atoms with Crippen molar-refractivity contribution in [3.05, 3.63) is 17.2 Å². The van der Waals surface area contributed by atoms with Gasteiger partial charge in [0.05, 0.1) is 5.75 Å². The van der Waals surface area contributed by atoms with Crippen LogP contribution in [0.4, 0.5) is 5.13 Å². The number of sulfonamides is 1. The van der Waals surface area contributed by atoms with Crippen LogP contribution >= 0.6 is 11.3 Å². The minimum Gasteiger partial charge on any atom is -0.478 e. The third kappa shape index (κ3) is 2.88. The molecule has 0 amide bonds. The summed E-state index contributed by atoms with van der Waals surface area (Å²) in [4.78, 5) is 15.0. The van der Waals surface area contributed by atoms with Gasteiger partial charge in [0.2, 0.25) is 10.0 Å². The van der Waals surface area contributed by atoms with Gasteiger partial charge in [-0.25, -0.2) is 22.5 Å². The van der Waals surface area contributed by atoms with Crippen LogP contribution in [0.15, 0.2) is 12.3 Å². The number of carboxylic acids is 1. The molecule has 0 saturated carbocycles. The molecule has 8 heteroatoms. The molecule has 1 aliphatic heterocycles. The Bertz CT molecular complexity index is 576. The lowest BCUT2D eigenvalue weighted by atomic mass is 10.3. The zero-order valence-electron chi connectivity index (χ0n) is 9.44. The molecule has 6 nitrogen and oxygen atoms in total. The summed E-state index contributed by atoms with van der Waals surface area (Å²) in [5.74, 6) is -0.900. The minimum atomic E-state index is -3.25. The second-order valence-electron chi connectivity index (χ2n) is 3.81. The van der Waals surface area contributed by atoms with Crippen LogP contribution in [-0.2, 0) is 14.8 Å². The Morgan fingerprint density at radius 1 is 1.50 bits per heavy atom. The fourth-order valence-electron chi connectivity index (χ4n) is 1.63. The topological polar surface area (TPSA) is 87.6 Å². The summed E-state index contributed by atoms with van der Waals surface area (Å²) < 4.78 is 25.0. The molecule has 98 valence electrons. The molecule has 1 aromatic heterocycles. The van der Waals surface area contributed by atoms with Gasteiger partial charge < -0.3 is 5.11 Å². The summed E-state index contributed by atoms with van der Waals surface area (Å²) in [7, 11) is -3.25. The van der Waals surface area contributed by atoms with Crippen molar-refractivity contribution >= 4 is 38.5 Å². The first-order chi connectivity index (χ1) is 8.49. The van der Waals surface area contributed by atoms with E-state index in [1.54, 1.807) is 0 Å². The smallest absolute Gasteiger partial charge is 0.328 e. The Balaban J connectivity index is 2.21. The first kappa shape index (κ1) is 13.0. The van der Waals surface area contributed by atoms with Gasteiger partial charge in [-0.15, -0.1) is 0 Å². The number of anilines is 1. The molecule has 0 aliphatic carbocycles. The van der Waals surface area contributed by atoms with Gasteiger partial charge in [-0.2, -0.15) is 0 Å². The zero-order chi connectivity index (χ0) is 13.2. The minimum absolute atomic E-state index is 0.146. The van der Waals surface area contributed by atoms with Gasteiger partial charge in [-0.1, -0.05) is 11.3 Å². The Morgan fingerprint density at radius 3 is 2.94 bits per heavy atom. The fraction of sp³-hybridized carbons (Fsp3) is 0.400. The second kappa shape index (κ2) is 5.07. The summed E-state index contributed by atoms with van der Waals surface area (Å²) in [6, 6.07) is 0. The number of nitrogens with zero attached hydrogens (tertiary/aromatic N) is 2. The molecule has 1 aromatic rings. The standard InChI is InChI=1S/C10H12N2O4S2/c13-9(14)4-3-8-7-11-10(17-8)12-5-1-2-6-18(12,15)16/h3-4,7H,1-2,5-6H2,(H,13,14)/b4-3+. The first-order valence-corrected chi connectivity index (χ1v) is 7.79. The van der Waals surface area contributed by atoms with Crippen LogP contribution in [0.25, 0.3) is 6.08 Å².